The molecule has 2 aliphatic heterocycles. The molecule has 5 heteroatoms. The molecule has 0 saturated carbocycles. The molecule has 2 fully saturated rings. The number of amides is 1. The van der Waals surface area contributed by atoms with E-state index in [1.54, 1.807) is 11.0 Å². The molecular formula is C15H18ClFN2O. The second-order valence-corrected chi connectivity index (χ2v) is 6.22. The number of carbonyl (C=O) groups excluding carboxylic acids is 1. The number of nitrogens with zero attached hydrogens (tertiary/aromatic N) is 1. The van der Waals surface area contributed by atoms with Crippen molar-refractivity contribution in [1.29, 1.82) is 0 Å². The van der Waals surface area contributed by atoms with Gasteiger partial charge in [-0.15, -0.1) is 0 Å². The predicted molar refractivity (Wildman–Crippen MR) is 76.5 cm³/mol. The van der Waals surface area contributed by atoms with Crippen LogP contribution in [0.2, 0.25) is 5.02 Å². The number of fused-ring (bicyclic) bond motifs is 2. The highest BCUT2D eigenvalue weighted by Gasteiger charge is 2.36. The van der Waals surface area contributed by atoms with Crippen molar-refractivity contribution in [2.24, 2.45) is 0 Å². The second-order valence-electron chi connectivity index (χ2n) is 5.81. The topological polar surface area (TPSA) is 32.3 Å². The molecule has 1 N–H and O–H groups in total. The van der Waals surface area contributed by atoms with Gasteiger partial charge in [0, 0.05) is 30.7 Å². The van der Waals surface area contributed by atoms with Gasteiger partial charge in [-0.1, -0.05) is 11.6 Å². The number of carbonyl (C=O) groups is 1. The zero-order valence-electron chi connectivity index (χ0n) is 11.4. The third-order valence-electron chi connectivity index (χ3n) is 4.48. The summed E-state index contributed by atoms with van der Waals surface area (Å²) in [7, 11) is 1.81. The van der Waals surface area contributed by atoms with Crippen LogP contribution in [0.25, 0.3) is 0 Å². The maximum absolute atomic E-state index is 13.5. The molecule has 0 spiro atoms. The third kappa shape index (κ3) is 2.54. The number of nitrogens with one attached hydrogen (secondary N) is 1. The lowest BCUT2D eigenvalue weighted by atomic mass is 9.98. The van der Waals surface area contributed by atoms with Crippen LogP contribution in [-0.2, 0) is 0 Å². The molecule has 3 rings (SSSR count). The summed E-state index contributed by atoms with van der Waals surface area (Å²) < 4.78 is 13.5. The van der Waals surface area contributed by atoms with Crippen molar-refractivity contribution in [1.82, 2.24) is 10.2 Å². The zero-order valence-corrected chi connectivity index (χ0v) is 12.2. The standard InChI is InChI=1S/C15H18ClFN2O/c1-19(12-7-10-3-4-11(8-12)18-10)15(20)9-2-5-13(16)14(17)6-9/h2,5-6,10-12,18H,3-4,7-8H2,1H3. The van der Waals surface area contributed by atoms with Gasteiger partial charge in [-0.3, -0.25) is 4.79 Å². The van der Waals surface area contributed by atoms with E-state index >= 15 is 0 Å². The first-order valence-corrected chi connectivity index (χ1v) is 7.40. The number of rotatable bonds is 2. The average molecular weight is 297 g/mol. The highest BCUT2D eigenvalue weighted by atomic mass is 35.5. The lowest BCUT2D eigenvalue weighted by molar-refractivity contribution is 0.0681. The summed E-state index contributed by atoms with van der Waals surface area (Å²) in [5.74, 6) is -0.678. The van der Waals surface area contributed by atoms with E-state index in [0.29, 0.717) is 17.6 Å². The van der Waals surface area contributed by atoms with E-state index in [1.807, 2.05) is 7.05 Å². The van der Waals surface area contributed by atoms with E-state index < -0.39 is 5.82 Å². The summed E-state index contributed by atoms with van der Waals surface area (Å²) in [5, 5.41) is 3.60. The summed E-state index contributed by atoms with van der Waals surface area (Å²) in [6, 6.07) is 5.52. The van der Waals surface area contributed by atoms with E-state index in [9.17, 15) is 9.18 Å². The predicted octanol–water partition coefficient (Wildman–Crippen LogP) is 2.83. The van der Waals surface area contributed by atoms with Gasteiger partial charge < -0.3 is 10.2 Å². The maximum Gasteiger partial charge on any atom is 0.253 e. The Kier molecular flexibility index (Phi) is 3.69. The first kappa shape index (κ1) is 13.8. The fourth-order valence-corrected chi connectivity index (χ4v) is 3.46. The van der Waals surface area contributed by atoms with Gasteiger partial charge in [-0.05, 0) is 43.9 Å². The van der Waals surface area contributed by atoms with Gasteiger partial charge in [0.15, 0.2) is 0 Å². The van der Waals surface area contributed by atoms with Gasteiger partial charge in [0.2, 0.25) is 0 Å². The van der Waals surface area contributed by atoms with Crippen LogP contribution in [0.15, 0.2) is 18.2 Å². The van der Waals surface area contributed by atoms with E-state index in [4.69, 9.17) is 11.6 Å². The molecule has 0 radical (unpaired) electrons. The largest absolute Gasteiger partial charge is 0.339 e. The highest BCUT2D eigenvalue weighted by molar-refractivity contribution is 6.30. The van der Waals surface area contributed by atoms with Crippen molar-refractivity contribution in [2.75, 3.05) is 7.05 Å². The Hall–Kier alpha value is -1.13. The quantitative estimate of drug-likeness (QED) is 0.910. The van der Waals surface area contributed by atoms with Crippen LogP contribution in [0.3, 0.4) is 0 Å². The second kappa shape index (κ2) is 5.34. The fourth-order valence-electron chi connectivity index (χ4n) is 3.34. The van der Waals surface area contributed by atoms with Crippen molar-refractivity contribution < 1.29 is 9.18 Å². The number of hydrogen-bond donors (Lipinski definition) is 1. The number of halogens is 2. The molecule has 20 heavy (non-hydrogen) atoms. The van der Waals surface area contributed by atoms with Gasteiger partial charge in [-0.25, -0.2) is 4.39 Å². The lowest BCUT2D eigenvalue weighted by Crippen LogP contribution is -2.48. The molecule has 1 aromatic carbocycles. The van der Waals surface area contributed by atoms with Gasteiger partial charge in [-0.2, -0.15) is 0 Å². The maximum atomic E-state index is 13.5. The van der Waals surface area contributed by atoms with Crippen LogP contribution in [0.5, 0.6) is 0 Å². The number of hydrogen-bond acceptors (Lipinski definition) is 2. The molecule has 1 amide bonds. The Bertz CT molecular complexity index is 525. The van der Waals surface area contributed by atoms with Crippen LogP contribution >= 0.6 is 11.6 Å². The summed E-state index contributed by atoms with van der Waals surface area (Å²) in [5.41, 5.74) is 0.361. The van der Waals surface area contributed by atoms with Crippen molar-refractivity contribution in [3.8, 4) is 0 Å². The molecule has 3 nitrogen and oxygen atoms in total. The molecule has 108 valence electrons. The van der Waals surface area contributed by atoms with Gasteiger partial charge in [0.1, 0.15) is 5.82 Å². The minimum atomic E-state index is -0.545. The Labute approximate surface area is 123 Å². The van der Waals surface area contributed by atoms with Crippen molar-refractivity contribution in [2.45, 2.75) is 43.8 Å². The van der Waals surface area contributed by atoms with E-state index in [0.717, 1.165) is 12.8 Å². The summed E-state index contributed by atoms with van der Waals surface area (Å²) in [6.45, 7) is 0. The first-order chi connectivity index (χ1) is 9.54. The highest BCUT2D eigenvalue weighted by Crippen LogP contribution is 2.30. The average Bonchev–Trinajstić information content (AvgIpc) is 2.79. The molecule has 2 aliphatic rings. The molecule has 1 aromatic rings. The number of piperidine rings is 1. The van der Waals surface area contributed by atoms with Crippen LogP contribution in [-0.4, -0.2) is 36.0 Å². The third-order valence-corrected chi connectivity index (χ3v) is 4.79. The molecule has 0 aromatic heterocycles. The Balaban J connectivity index is 1.74. The Morgan fingerprint density at radius 2 is 2.00 bits per heavy atom. The fraction of sp³-hybridized carbons (Fsp3) is 0.533. The monoisotopic (exact) mass is 296 g/mol. The zero-order chi connectivity index (χ0) is 14.3. The van der Waals surface area contributed by atoms with Crippen LogP contribution in [0, 0.1) is 5.82 Å². The molecule has 2 bridgehead atoms. The van der Waals surface area contributed by atoms with E-state index in [2.05, 4.69) is 5.32 Å². The molecule has 2 atom stereocenters. The molecule has 2 heterocycles. The Morgan fingerprint density at radius 1 is 1.35 bits per heavy atom. The smallest absolute Gasteiger partial charge is 0.253 e. The molecule has 2 unspecified atom stereocenters. The van der Waals surface area contributed by atoms with E-state index in [-0.39, 0.29) is 17.0 Å². The summed E-state index contributed by atoms with van der Waals surface area (Å²) >= 11 is 5.65. The minimum absolute atomic E-state index is 0.0455. The van der Waals surface area contributed by atoms with Gasteiger partial charge in [0.25, 0.3) is 5.91 Å². The van der Waals surface area contributed by atoms with Gasteiger partial charge >= 0.3 is 0 Å². The van der Waals surface area contributed by atoms with Crippen molar-refractivity contribution in [3.05, 3.63) is 34.6 Å². The molecule has 0 aliphatic carbocycles. The Morgan fingerprint density at radius 3 is 2.60 bits per heavy atom. The minimum Gasteiger partial charge on any atom is -0.339 e. The normalized spacial score (nSPS) is 28.4. The van der Waals surface area contributed by atoms with Crippen molar-refractivity contribution >= 4 is 17.5 Å². The molecular weight excluding hydrogens is 279 g/mol. The first-order valence-electron chi connectivity index (χ1n) is 7.03. The summed E-state index contributed by atoms with van der Waals surface area (Å²) in [4.78, 5) is 14.2. The van der Waals surface area contributed by atoms with Crippen LogP contribution in [0.4, 0.5) is 4.39 Å². The number of benzene rings is 1. The van der Waals surface area contributed by atoms with E-state index in [1.165, 1.54) is 25.0 Å². The lowest BCUT2D eigenvalue weighted by Gasteiger charge is -2.35. The van der Waals surface area contributed by atoms with Crippen LogP contribution < -0.4 is 5.32 Å². The van der Waals surface area contributed by atoms with Crippen molar-refractivity contribution in [3.63, 3.8) is 0 Å². The van der Waals surface area contributed by atoms with Crippen LogP contribution in [0.1, 0.15) is 36.0 Å². The summed E-state index contributed by atoms with van der Waals surface area (Å²) in [6.07, 6.45) is 4.35. The molecule has 2 saturated heterocycles. The van der Waals surface area contributed by atoms with Gasteiger partial charge in [0.05, 0.1) is 5.02 Å². The SMILES string of the molecule is CN(C(=O)c1ccc(Cl)c(F)c1)C1CC2CCC(C1)N2.